The van der Waals surface area contributed by atoms with Gasteiger partial charge >= 0.3 is 0 Å². The number of anilines is 1. The van der Waals surface area contributed by atoms with Gasteiger partial charge in [0, 0.05) is 33.4 Å². The molecule has 1 N–H and O–H groups in total. The second-order valence-electron chi connectivity index (χ2n) is 4.49. The van der Waals surface area contributed by atoms with E-state index in [1.807, 2.05) is 13.1 Å². The highest BCUT2D eigenvalue weighted by Crippen LogP contribution is 2.17. The van der Waals surface area contributed by atoms with E-state index in [1.165, 1.54) is 17.0 Å². The van der Waals surface area contributed by atoms with Gasteiger partial charge in [-0.05, 0) is 30.8 Å². The van der Waals surface area contributed by atoms with Crippen LogP contribution in [0.25, 0.3) is 0 Å². The number of likely N-dealkylation sites (N-methyl/N-ethyl adjacent to an activating group) is 2. The molecule has 0 saturated heterocycles. The van der Waals surface area contributed by atoms with Crippen LogP contribution in [0.3, 0.4) is 0 Å². The summed E-state index contributed by atoms with van der Waals surface area (Å²) in [4.78, 5) is 14.9. The first-order valence-electron chi connectivity index (χ1n) is 5.79. The first-order chi connectivity index (χ1) is 8.43. The Bertz CT molecular complexity index is 421. The fourth-order valence-corrected chi connectivity index (χ4v) is 1.60. The van der Waals surface area contributed by atoms with Gasteiger partial charge in [-0.2, -0.15) is 0 Å². The lowest BCUT2D eigenvalue weighted by Gasteiger charge is -2.21. The van der Waals surface area contributed by atoms with Crippen molar-refractivity contribution in [1.82, 2.24) is 10.2 Å². The van der Waals surface area contributed by atoms with Gasteiger partial charge in [0.05, 0.1) is 6.54 Å². The number of carbonyl (C=O) groups is 1. The first-order valence-corrected chi connectivity index (χ1v) is 5.79. The number of benzene rings is 1. The highest BCUT2D eigenvalue weighted by atomic mass is 19.1. The largest absolute Gasteiger partial charge is 0.365 e. The van der Waals surface area contributed by atoms with E-state index in [0.29, 0.717) is 12.2 Å². The molecule has 0 radical (unpaired) electrons. The maximum atomic E-state index is 13.5. The number of amides is 1. The van der Waals surface area contributed by atoms with Crippen molar-refractivity contribution in [1.29, 1.82) is 0 Å². The third-order valence-electron chi connectivity index (χ3n) is 2.64. The third kappa shape index (κ3) is 4.00. The Kier molecular flexibility index (Phi) is 5.09. The van der Waals surface area contributed by atoms with E-state index in [9.17, 15) is 9.18 Å². The van der Waals surface area contributed by atoms with Crippen LogP contribution in [0.2, 0.25) is 0 Å². The van der Waals surface area contributed by atoms with Crippen LogP contribution in [0.1, 0.15) is 5.56 Å². The summed E-state index contributed by atoms with van der Waals surface area (Å²) < 4.78 is 13.5. The molecule has 0 unspecified atom stereocenters. The van der Waals surface area contributed by atoms with Gasteiger partial charge in [-0.15, -0.1) is 0 Å². The number of hydrogen-bond acceptors (Lipinski definition) is 3. The van der Waals surface area contributed by atoms with E-state index >= 15 is 0 Å². The molecule has 0 aliphatic carbocycles. The highest BCUT2D eigenvalue weighted by molar-refractivity contribution is 5.80. The monoisotopic (exact) mass is 253 g/mol. The molecule has 100 valence electrons. The molecular weight excluding hydrogens is 233 g/mol. The smallest absolute Gasteiger partial charge is 0.241 e. The third-order valence-corrected chi connectivity index (χ3v) is 2.64. The molecule has 0 spiro atoms. The molecule has 1 rings (SSSR count). The lowest BCUT2D eigenvalue weighted by Crippen LogP contribution is -2.34. The molecule has 5 heteroatoms. The summed E-state index contributed by atoms with van der Waals surface area (Å²) in [5, 5.41) is 2.98. The summed E-state index contributed by atoms with van der Waals surface area (Å²) >= 11 is 0. The zero-order valence-corrected chi connectivity index (χ0v) is 11.3. The van der Waals surface area contributed by atoms with Crippen LogP contribution in [0, 0.1) is 5.82 Å². The lowest BCUT2D eigenvalue weighted by atomic mass is 10.2. The Balaban J connectivity index is 2.84. The van der Waals surface area contributed by atoms with Crippen molar-refractivity contribution in [2.24, 2.45) is 0 Å². The summed E-state index contributed by atoms with van der Waals surface area (Å²) in [6.45, 7) is 0.829. The van der Waals surface area contributed by atoms with Gasteiger partial charge in [0.1, 0.15) is 5.82 Å². The summed E-state index contributed by atoms with van der Waals surface area (Å²) in [5.41, 5.74) is 1.56. The van der Waals surface area contributed by atoms with Crippen molar-refractivity contribution in [2.75, 3.05) is 39.6 Å². The predicted octanol–water partition coefficient (Wildman–Crippen LogP) is 1.07. The zero-order valence-electron chi connectivity index (χ0n) is 11.3. The van der Waals surface area contributed by atoms with E-state index in [4.69, 9.17) is 0 Å². The zero-order chi connectivity index (χ0) is 13.7. The number of carbonyl (C=O) groups excluding carboxylic acids is 1. The van der Waals surface area contributed by atoms with Crippen LogP contribution >= 0.6 is 0 Å². The van der Waals surface area contributed by atoms with Crippen LogP contribution in [-0.4, -0.2) is 45.5 Å². The number of nitrogens with zero attached hydrogens (tertiary/aromatic N) is 2. The van der Waals surface area contributed by atoms with Crippen molar-refractivity contribution in [3.63, 3.8) is 0 Å². The van der Waals surface area contributed by atoms with Crippen LogP contribution in [0.5, 0.6) is 0 Å². The Hall–Kier alpha value is -1.62. The fourth-order valence-electron chi connectivity index (χ4n) is 1.60. The molecule has 1 amide bonds. The summed E-state index contributed by atoms with van der Waals surface area (Å²) in [7, 11) is 6.99. The van der Waals surface area contributed by atoms with Crippen LogP contribution < -0.4 is 10.2 Å². The van der Waals surface area contributed by atoms with E-state index < -0.39 is 0 Å². The molecule has 0 saturated carbocycles. The van der Waals surface area contributed by atoms with Crippen molar-refractivity contribution < 1.29 is 9.18 Å². The molecule has 0 aliphatic rings. The maximum Gasteiger partial charge on any atom is 0.241 e. The van der Waals surface area contributed by atoms with Crippen molar-refractivity contribution >= 4 is 11.6 Å². The molecular formula is C13H20FN3O. The molecule has 0 atom stereocenters. The first kappa shape index (κ1) is 14.4. The van der Waals surface area contributed by atoms with E-state index in [-0.39, 0.29) is 18.3 Å². The Labute approximate surface area is 107 Å². The molecule has 0 bridgehead atoms. The van der Waals surface area contributed by atoms with Gasteiger partial charge in [0.15, 0.2) is 0 Å². The van der Waals surface area contributed by atoms with Crippen LogP contribution in [-0.2, 0) is 11.3 Å². The van der Waals surface area contributed by atoms with E-state index in [0.717, 1.165) is 5.56 Å². The summed E-state index contributed by atoms with van der Waals surface area (Å²) in [6.07, 6.45) is 0. The quantitative estimate of drug-likeness (QED) is 0.852. The van der Waals surface area contributed by atoms with Crippen molar-refractivity contribution in [2.45, 2.75) is 6.54 Å². The Morgan fingerprint density at radius 3 is 2.50 bits per heavy atom. The molecule has 0 heterocycles. The molecule has 18 heavy (non-hydrogen) atoms. The van der Waals surface area contributed by atoms with Gasteiger partial charge in [-0.3, -0.25) is 4.79 Å². The summed E-state index contributed by atoms with van der Waals surface area (Å²) in [5.74, 6) is -0.307. The minimum absolute atomic E-state index is 0.0167. The molecule has 1 aromatic carbocycles. The Morgan fingerprint density at radius 2 is 1.94 bits per heavy atom. The standard InChI is InChI=1S/C13H20FN3O/c1-15-8-10-5-11(14)7-12(6-10)17(4)9-13(18)16(2)3/h5-7,15H,8-9H2,1-4H3. The average Bonchev–Trinajstić information content (AvgIpc) is 2.28. The predicted molar refractivity (Wildman–Crippen MR) is 71.1 cm³/mol. The SMILES string of the molecule is CNCc1cc(F)cc(N(C)CC(=O)N(C)C)c1. The van der Waals surface area contributed by atoms with Gasteiger partial charge in [0.25, 0.3) is 0 Å². The minimum Gasteiger partial charge on any atom is -0.365 e. The van der Waals surface area contributed by atoms with E-state index in [1.54, 1.807) is 26.0 Å². The fraction of sp³-hybridized carbons (Fsp3) is 0.462. The van der Waals surface area contributed by atoms with Gasteiger partial charge in [0.2, 0.25) is 5.91 Å². The Morgan fingerprint density at radius 1 is 1.28 bits per heavy atom. The molecule has 4 nitrogen and oxygen atoms in total. The van der Waals surface area contributed by atoms with Crippen LogP contribution in [0.4, 0.5) is 10.1 Å². The van der Waals surface area contributed by atoms with Crippen molar-refractivity contribution in [3.05, 3.63) is 29.6 Å². The second kappa shape index (κ2) is 6.35. The van der Waals surface area contributed by atoms with Gasteiger partial charge in [-0.25, -0.2) is 4.39 Å². The number of halogens is 1. The number of nitrogens with one attached hydrogen (secondary N) is 1. The second-order valence-corrected chi connectivity index (χ2v) is 4.49. The average molecular weight is 253 g/mol. The van der Waals surface area contributed by atoms with Gasteiger partial charge in [-0.1, -0.05) is 0 Å². The lowest BCUT2D eigenvalue weighted by molar-refractivity contribution is -0.127. The molecule has 0 fully saturated rings. The van der Waals surface area contributed by atoms with Gasteiger partial charge < -0.3 is 15.1 Å². The molecule has 0 aliphatic heterocycles. The molecule has 0 aromatic heterocycles. The minimum atomic E-state index is -0.290. The maximum absolute atomic E-state index is 13.5. The van der Waals surface area contributed by atoms with Crippen molar-refractivity contribution in [3.8, 4) is 0 Å². The highest BCUT2D eigenvalue weighted by Gasteiger charge is 2.10. The topological polar surface area (TPSA) is 35.6 Å². The van der Waals surface area contributed by atoms with Crippen LogP contribution in [0.15, 0.2) is 18.2 Å². The summed E-state index contributed by atoms with van der Waals surface area (Å²) in [6, 6.07) is 4.80. The normalized spacial score (nSPS) is 10.3. The van der Waals surface area contributed by atoms with E-state index in [2.05, 4.69) is 5.32 Å². The molecule has 1 aromatic rings. The number of rotatable bonds is 5. The number of hydrogen-bond donors (Lipinski definition) is 1.